The van der Waals surface area contributed by atoms with Crippen LogP contribution in [0.3, 0.4) is 0 Å². The monoisotopic (exact) mass is 264 g/mol. The van der Waals surface area contributed by atoms with Gasteiger partial charge in [0.05, 0.1) is 5.69 Å². The summed E-state index contributed by atoms with van der Waals surface area (Å²) in [6.07, 6.45) is 2.45. The zero-order chi connectivity index (χ0) is 11.8. The van der Waals surface area contributed by atoms with Gasteiger partial charge in [-0.25, -0.2) is 4.79 Å². The average Bonchev–Trinajstić information content (AvgIpc) is 2.93. The summed E-state index contributed by atoms with van der Waals surface area (Å²) in [5, 5.41) is 4.06. The zero-order valence-electron chi connectivity index (χ0n) is 9.18. The third-order valence-corrected chi connectivity index (χ3v) is 3.89. The van der Waals surface area contributed by atoms with Crippen molar-refractivity contribution in [2.24, 2.45) is 5.92 Å². The molecule has 0 bridgehead atoms. The Morgan fingerprint density at radius 2 is 2.35 bits per heavy atom. The number of nitrogens with one attached hydrogen (secondary N) is 1. The van der Waals surface area contributed by atoms with E-state index in [0.29, 0.717) is 10.6 Å². The molecule has 17 heavy (non-hydrogen) atoms. The summed E-state index contributed by atoms with van der Waals surface area (Å²) in [5.74, 6) is 0.662. The van der Waals surface area contributed by atoms with Crippen LogP contribution in [0.2, 0.25) is 0 Å². The average molecular weight is 264 g/mol. The molecule has 0 spiro atoms. The predicted molar refractivity (Wildman–Crippen MR) is 71.9 cm³/mol. The molecule has 0 saturated heterocycles. The number of aromatic nitrogens is 2. The first-order valence-corrected chi connectivity index (χ1v) is 6.96. The van der Waals surface area contributed by atoms with Crippen molar-refractivity contribution in [1.29, 1.82) is 0 Å². The van der Waals surface area contributed by atoms with Gasteiger partial charge in [-0.2, -0.15) is 11.3 Å². The molecule has 0 radical (unpaired) electrons. The van der Waals surface area contributed by atoms with Crippen molar-refractivity contribution in [3.63, 3.8) is 0 Å². The van der Waals surface area contributed by atoms with Crippen LogP contribution >= 0.6 is 23.6 Å². The lowest BCUT2D eigenvalue weighted by Gasteiger charge is -2.10. The SMILES string of the molecule is O=c1[nH]c(=S)cc(-c2ccsc2)n1CC1CC1. The molecule has 3 nitrogen and oxygen atoms in total. The van der Waals surface area contributed by atoms with E-state index in [2.05, 4.69) is 4.98 Å². The highest BCUT2D eigenvalue weighted by Crippen LogP contribution is 2.31. The lowest BCUT2D eigenvalue weighted by atomic mass is 10.2. The lowest BCUT2D eigenvalue weighted by Crippen LogP contribution is -2.25. The van der Waals surface area contributed by atoms with Crippen molar-refractivity contribution >= 4 is 23.6 Å². The molecule has 2 aromatic rings. The van der Waals surface area contributed by atoms with Gasteiger partial charge in [0.2, 0.25) is 0 Å². The zero-order valence-corrected chi connectivity index (χ0v) is 10.8. The van der Waals surface area contributed by atoms with Gasteiger partial charge >= 0.3 is 5.69 Å². The van der Waals surface area contributed by atoms with Gasteiger partial charge < -0.3 is 0 Å². The van der Waals surface area contributed by atoms with E-state index in [4.69, 9.17) is 12.2 Å². The topological polar surface area (TPSA) is 37.8 Å². The van der Waals surface area contributed by atoms with Crippen molar-refractivity contribution in [3.8, 4) is 11.3 Å². The quantitative estimate of drug-likeness (QED) is 0.865. The van der Waals surface area contributed by atoms with Gasteiger partial charge in [0, 0.05) is 17.5 Å². The normalized spacial score (nSPS) is 15.1. The van der Waals surface area contributed by atoms with Crippen molar-refractivity contribution in [2.45, 2.75) is 19.4 Å². The Morgan fingerprint density at radius 1 is 1.53 bits per heavy atom. The maximum Gasteiger partial charge on any atom is 0.326 e. The Morgan fingerprint density at radius 3 is 3.00 bits per heavy atom. The molecule has 2 heterocycles. The molecular weight excluding hydrogens is 252 g/mol. The molecule has 0 aliphatic heterocycles. The molecule has 1 N–H and O–H groups in total. The van der Waals surface area contributed by atoms with Crippen LogP contribution in [0.5, 0.6) is 0 Å². The molecule has 5 heteroatoms. The highest BCUT2D eigenvalue weighted by molar-refractivity contribution is 7.71. The van der Waals surface area contributed by atoms with Gasteiger partial charge in [0.15, 0.2) is 0 Å². The number of thiophene rings is 1. The molecule has 1 aliphatic rings. The number of hydrogen-bond donors (Lipinski definition) is 1. The molecule has 1 saturated carbocycles. The summed E-state index contributed by atoms with van der Waals surface area (Å²) in [6.45, 7) is 0.802. The molecule has 0 amide bonds. The van der Waals surface area contributed by atoms with Crippen LogP contribution in [-0.4, -0.2) is 9.55 Å². The summed E-state index contributed by atoms with van der Waals surface area (Å²) in [7, 11) is 0. The van der Waals surface area contributed by atoms with Gasteiger partial charge in [0.1, 0.15) is 4.64 Å². The summed E-state index contributed by atoms with van der Waals surface area (Å²) < 4.78 is 2.32. The molecular formula is C12H12N2OS2. The number of aromatic amines is 1. The van der Waals surface area contributed by atoms with Crippen LogP contribution in [-0.2, 0) is 6.54 Å². The minimum absolute atomic E-state index is 0.0920. The first-order valence-electron chi connectivity index (χ1n) is 5.61. The number of H-pyrrole nitrogens is 1. The minimum Gasteiger partial charge on any atom is -0.298 e. The Labute approximate surface area is 108 Å². The van der Waals surface area contributed by atoms with E-state index >= 15 is 0 Å². The maximum atomic E-state index is 12.0. The van der Waals surface area contributed by atoms with E-state index in [9.17, 15) is 4.79 Å². The van der Waals surface area contributed by atoms with Crippen molar-refractivity contribution < 1.29 is 0 Å². The first-order chi connectivity index (χ1) is 8.24. The smallest absolute Gasteiger partial charge is 0.298 e. The summed E-state index contributed by atoms with van der Waals surface area (Å²) in [6, 6.07) is 3.90. The fourth-order valence-electron chi connectivity index (χ4n) is 1.91. The van der Waals surface area contributed by atoms with Crippen LogP contribution in [0.4, 0.5) is 0 Å². The Bertz CT molecular complexity index is 635. The third-order valence-electron chi connectivity index (χ3n) is 2.99. The Kier molecular flexibility index (Phi) is 2.72. The van der Waals surface area contributed by atoms with Gasteiger partial charge in [-0.05, 0) is 36.3 Å². The van der Waals surface area contributed by atoms with Crippen molar-refractivity contribution in [1.82, 2.24) is 9.55 Å². The minimum atomic E-state index is -0.0920. The molecule has 0 atom stereocenters. The van der Waals surface area contributed by atoms with E-state index < -0.39 is 0 Å². The van der Waals surface area contributed by atoms with Gasteiger partial charge in [0.25, 0.3) is 0 Å². The highest BCUT2D eigenvalue weighted by Gasteiger charge is 2.23. The van der Waals surface area contributed by atoms with E-state index in [0.717, 1.165) is 17.8 Å². The molecule has 1 fully saturated rings. The van der Waals surface area contributed by atoms with E-state index in [-0.39, 0.29) is 5.69 Å². The van der Waals surface area contributed by atoms with E-state index in [1.165, 1.54) is 12.8 Å². The van der Waals surface area contributed by atoms with E-state index in [1.807, 2.05) is 27.5 Å². The largest absolute Gasteiger partial charge is 0.326 e. The number of rotatable bonds is 3. The second-order valence-corrected chi connectivity index (χ2v) is 5.61. The van der Waals surface area contributed by atoms with Crippen molar-refractivity contribution in [2.75, 3.05) is 0 Å². The standard InChI is InChI=1S/C12H12N2OS2/c15-12-13-11(16)5-10(9-3-4-17-7-9)14(12)6-8-1-2-8/h3-5,7-8H,1-2,6H2,(H,13,15,16). The van der Waals surface area contributed by atoms with Gasteiger partial charge in [-0.15, -0.1) is 0 Å². The summed E-state index contributed by atoms with van der Waals surface area (Å²) in [5.41, 5.74) is 1.92. The second kappa shape index (κ2) is 4.23. The molecule has 2 aromatic heterocycles. The Balaban J connectivity index is 2.16. The molecule has 3 rings (SSSR count). The highest BCUT2D eigenvalue weighted by atomic mass is 32.1. The van der Waals surface area contributed by atoms with Crippen LogP contribution in [0.25, 0.3) is 11.3 Å². The molecule has 0 aromatic carbocycles. The fourth-order valence-corrected chi connectivity index (χ4v) is 2.76. The Hall–Kier alpha value is -1.20. The van der Waals surface area contributed by atoms with Gasteiger partial charge in [-0.1, -0.05) is 12.2 Å². The summed E-state index contributed by atoms with van der Waals surface area (Å²) in [4.78, 5) is 14.7. The second-order valence-electron chi connectivity index (χ2n) is 4.39. The molecule has 88 valence electrons. The van der Waals surface area contributed by atoms with Crippen LogP contribution in [0, 0.1) is 10.6 Å². The molecule has 0 unspecified atom stereocenters. The van der Waals surface area contributed by atoms with Crippen LogP contribution in [0.1, 0.15) is 12.8 Å². The van der Waals surface area contributed by atoms with Crippen LogP contribution < -0.4 is 5.69 Å². The van der Waals surface area contributed by atoms with E-state index in [1.54, 1.807) is 11.3 Å². The molecule has 1 aliphatic carbocycles. The number of nitrogens with zero attached hydrogens (tertiary/aromatic N) is 1. The predicted octanol–water partition coefficient (Wildman–Crippen LogP) is 3.04. The lowest BCUT2D eigenvalue weighted by molar-refractivity contribution is 0.597. The summed E-state index contributed by atoms with van der Waals surface area (Å²) >= 11 is 6.71. The van der Waals surface area contributed by atoms with Crippen molar-refractivity contribution in [3.05, 3.63) is 38.0 Å². The van der Waals surface area contributed by atoms with Crippen LogP contribution in [0.15, 0.2) is 27.7 Å². The van der Waals surface area contributed by atoms with Gasteiger partial charge in [-0.3, -0.25) is 9.55 Å². The fraction of sp³-hybridized carbons (Fsp3) is 0.333. The third kappa shape index (κ3) is 2.25. The number of hydrogen-bond acceptors (Lipinski definition) is 3. The maximum absolute atomic E-state index is 12.0. The first kappa shape index (κ1) is 10.9.